The molecule has 2 N–H and O–H groups in total. The number of anilines is 1. The molecule has 8 heteroatoms. The van der Waals surface area contributed by atoms with Crippen LogP contribution in [-0.2, 0) is 9.59 Å². The molecule has 22 heavy (non-hydrogen) atoms. The van der Waals surface area contributed by atoms with Gasteiger partial charge in [-0.25, -0.2) is 0 Å². The highest BCUT2D eigenvalue weighted by atomic mass is 32.2. The van der Waals surface area contributed by atoms with Gasteiger partial charge in [0.2, 0.25) is 5.91 Å². The molecule has 2 rings (SSSR count). The molecular weight excluding hydrogens is 314 g/mol. The van der Waals surface area contributed by atoms with Gasteiger partial charge in [0, 0.05) is 4.90 Å². The second-order valence-corrected chi connectivity index (χ2v) is 5.92. The third-order valence-electron chi connectivity index (χ3n) is 3.37. The Morgan fingerprint density at radius 2 is 2.14 bits per heavy atom. The van der Waals surface area contributed by atoms with Crippen molar-refractivity contribution in [3.05, 3.63) is 24.3 Å². The number of nitrogens with zero attached hydrogens (tertiary/aromatic N) is 1. The lowest BCUT2D eigenvalue weighted by atomic mass is 10.2. The Labute approximate surface area is 130 Å². The number of hydrogen-bond acceptors (Lipinski definition) is 4. The Morgan fingerprint density at radius 3 is 2.82 bits per heavy atom. The first-order valence-corrected chi connectivity index (χ1v) is 7.66. The van der Waals surface area contributed by atoms with Gasteiger partial charge >= 0.3 is 5.97 Å². The highest BCUT2D eigenvalue weighted by Crippen LogP contribution is 2.31. The number of amides is 1. The van der Waals surface area contributed by atoms with Gasteiger partial charge in [-0.3, -0.25) is 14.5 Å². The molecule has 1 aromatic rings. The molecule has 1 aromatic carbocycles. The number of alkyl halides is 2. The van der Waals surface area contributed by atoms with Gasteiger partial charge < -0.3 is 10.4 Å². The van der Waals surface area contributed by atoms with E-state index in [0.29, 0.717) is 30.4 Å². The van der Waals surface area contributed by atoms with E-state index in [1.165, 1.54) is 6.07 Å². The molecule has 5 nitrogen and oxygen atoms in total. The van der Waals surface area contributed by atoms with Crippen molar-refractivity contribution >= 4 is 29.3 Å². The van der Waals surface area contributed by atoms with Crippen molar-refractivity contribution in [1.29, 1.82) is 0 Å². The van der Waals surface area contributed by atoms with E-state index in [1.807, 2.05) is 0 Å². The maximum absolute atomic E-state index is 12.5. The molecule has 1 aliphatic heterocycles. The minimum absolute atomic E-state index is 0.0648. The summed E-state index contributed by atoms with van der Waals surface area (Å²) in [5.41, 5.74) is 0.309. The van der Waals surface area contributed by atoms with Gasteiger partial charge in [-0.2, -0.15) is 8.78 Å². The zero-order valence-electron chi connectivity index (χ0n) is 11.7. The van der Waals surface area contributed by atoms with E-state index < -0.39 is 23.7 Å². The molecule has 0 radical (unpaired) electrons. The topological polar surface area (TPSA) is 69.6 Å². The van der Waals surface area contributed by atoms with Gasteiger partial charge in [-0.1, -0.05) is 23.9 Å². The summed E-state index contributed by atoms with van der Waals surface area (Å²) < 4.78 is 25.0. The minimum atomic E-state index is -2.58. The van der Waals surface area contributed by atoms with Crippen LogP contribution < -0.4 is 5.32 Å². The van der Waals surface area contributed by atoms with Gasteiger partial charge in [0.15, 0.2) is 0 Å². The maximum atomic E-state index is 12.5. The third-order valence-corrected chi connectivity index (χ3v) is 4.16. The molecule has 0 spiro atoms. The molecule has 1 saturated heterocycles. The van der Waals surface area contributed by atoms with Gasteiger partial charge in [0.1, 0.15) is 6.04 Å². The normalized spacial score (nSPS) is 18.6. The van der Waals surface area contributed by atoms with Crippen molar-refractivity contribution in [3.63, 3.8) is 0 Å². The lowest BCUT2D eigenvalue weighted by Crippen LogP contribution is -2.40. The smallest absolute Gasteiger partial charge is 0.320 e. The van der Waals surface area contributed by atoms with Crippen LogP contribution in [0.25, 0.3) is 0 Å². The van der Waals surface area contributed by atoms with E-state index >= 15 is 0 Å². The SMILES string of the molecule is O=C(CN1CCC[C@@H]1C(=O)O)Nc1ccccc1SC(F)F. The Balaban J connectivity index is 1.99. The second kappa shape index (κ2) is 7.55. The van der Waals surface area contributed by atoms with E-state index in [4.69, 9.17) is 5.11 Å². The predicted molar refractivity (Wildman–Crippen MR) is 79.2 cm³/mol. The van der Waals surface area contributed by atoms with Crippen LogP contribution in [0.5, 0.6) is 0 Å². The van der Waals surface area contributed by atoms with Gasteiger partial charge in [0.05, 0.1) is 12.2 Å². The number of para-hydroxylation sites is 1. The number of carboxylic acid groups (broad SMARTS) is 1. The van der Waals surface area contributed by atoms with Crippen molar-refractivity contribution in [2.45, 2.75) is 29.5 Å². The average molecular weight is 330 g/mol. The number of rotatable bonds is 6. The van der Waals surface area contributed by atoms with Crippen LogP contribution in [0.1, 0.15) is 12.8 Å². The second-order valence-electron chi connectivity index (χ2n) is 4.89. The molecule has 0 unspecified atom stereocenters. The number of likely N-dealkylation sites (tertiary alicyclic amines) is 1. The molecule has 0 saturated carbocycles. The summed E-state index contributed by atoms with van der Waals surface area (Å²) >= 11 is 0.359. The first kappa shape index (κ1) is 16.7. The molecule has 1 amide bonds. The zero-order valence-corrected chi connectivity index (χ0v) is 12.5. The summed E-state index contributed by atoms with van der Waals surface area (Å²) in [6, 6.07) is 5.64. The van der Waals surface area contributed by atoms with Crippen LogP contribution >= 0.6 is 11.8 Å². The number of halogens is 2. The number of carboxylic acids is 1. The van der Waals surface area contributed by atoms with E-state index in [2.05, 4.69) is 5.32 Å². The Bertz CT molecular complexity index is 557. The number of hydrogen-bond donors (Lipinski definition) is 2. The molecule has 120 valence electrons. The Hall–Kier alpha value is -1.67. The number of benzene rings is 1. The Morgan fingerprint density at radius 1 is 1.41 bits per heavy atom. The standard InChI is InChI=1S/C14H16F2N2O3S/c15-14(16)22-11-6-2-1-4-9(11)17-12(19)8-18-7-3-5-10(18)13(20)21/h1-2,4,6,10,14H,3,5,7-8H2,(H,17,19)(H,20,21)/t10-/m1/s1. The molecule has 0 bridgehead atoms. The van der Waals surface area contributed by atoms with Crippen molar-refractivity contribution in [1.82, 2.24) is 4.90 Å². The lowest BCUT2D eigenvalue weighted by Gasteiger charge is -2.20. The molecule has 1 atom stereocenters. The fourth-order valence-corrected chi connectivity index (χ4v) is 3.03. The van der Waals surface area contributed by atoms with E-state index in [0.717, 1.165) is 6.42 Å². The predicted octanol–water partition coefficient (Wildman–Crippen LogP) is 2.49. The molecule has 1 heterocycles. The number of nitrogens with one attached hydrogen (secondary N) is 1. The number of carbonyl (C=O) groups excluding carboxylic acids is 1. The molecule has 1 fully saturated rings. The lowest BCUT2D eigenvalue weighted by molar-refractivity contribution is -0.142. The fourth-order valence-electron chi connectivity index (χ4n) is 2.44. The van der Waals surface area contributed by atoms with E-state index in [-0.39, 0.29) is 11.4 Å². The largest absolute Gasteiger partial charge is 0.480 e. The summed E-state index contributed by atoms with van der Waals surface area (Å²) in [6.07, 6.45) is 1.24. The summed E-state index contributed by atoms with van der Waals surface area (Å²) in [5.74, 6) is -3.93. The van der Waals surface area contributed by atoms with Crippen molar-refractivity contribution < 1.29 is 23.5 Å². The van der Waals surface area contributed by atoms with Crippen molar-refractivity contribution in [3.8, 4) is 0 Å². The van der Waals surface area contributed by atoms with Crippen LogP contribution in [0.15, 0.2) is 29.2 Å². The summed E-state index contributed by atoms with van der Waals surface area (Å²) in [6.45, 7) is 0.475. The van der Waals surface area contributed by atoms with Crippen LogP contribution in [0.3, 0.4) is 0 Å². The summed E-state index contributed by atoms with van der Waals surface area (Å²) in [7, 11) is 0. The van der Waals surface area contributed by atoms with E-state index in [1.54, 1.807) is 23.1 Å². The molecule has 0 aliphatic carbocycles. The van der Waals surface area contributed by atoms with E-state index in [9.17, 15) is 18.4 Å². The van der Waals surface area contributed by atoms with Crippen molar-refractivity contribution in [2.24, 2.45) is 0 Å². The molecule has 0 aromatic heterocycles. The van der Waals surface area contributed by atoms with Gasteiger partial charge in [-0.05, 0) is 31.5 Å². The van der Waals surface area contributed by atoms with Crippen LogP contribution in [0.4, 0.5) is 14.5 Å². The number of thioether (sulfide) groups is 1. The average Bonchev–Trinajstić information content (AvgIpc) is 2.88. The third kappa shape index (κ3) is 4.41. The van der Waals surface area contributed by atoms with Crippen LogP contribution in [-0.4, -0.2) is 46.8 Å². The summed E-state index contributed by atoms with van der Waals surface area (Å²) in [4.78, 5) is 25.0. The van der Waals surface area contributed by atoms with Crippen LogP contribution in [0, 0.1) is 0 Å². The maximum Gasteiger partial charge on any atom is 0.320 e. The highest BCUT2D eigenvalue weighted by molar-refractivity contribution is 7.99. The zero-order chi connectivity index (χ0) is 16.1. The van der Waals surface area contributed by atoms with Gasteiger partial charge in [-0.15, -0.1) is 0 Å². The highest BCUT2D eigenvalue weighted by Gasteiger charge is 2.31. The number of aliphatic carboxylic acids is 1. The van der Waals surface area contributed by atoms with Gasteiger partial charge in [0.25, 0.3) is 5.76 Å². The number of carbonyl (C=O) groups is 2. The minimum Gasteiger partial charge on any atom is -0.480 e. The monoisotopic (exact) mass is 330 g/mol. The Kier molecular flexibility index (Phi) is 5.73. The first-order chi connectivity index (χ1) is 10.5. The first-order valence-electron chi connectivity index (χ1n) is 6.78. The molecular formula is C14H16F2N2O3S. The summed E-state index contributed by atoms with van der Waals surface area (Å²) in [5, 5.41) is 11.6. The fraction of sp³-hybridized carbons (Fsp3) is 0.429. The van der Waals surface area contributed by atoms with Crippen LogP contribution in [0.2, 0.25) is 0 Å². The molecule has 1 aliphatic rings. The quantitative estimate of drug-likeness (QED) is 0.784. The van der Waals surface area contributed by atoms with Crippen molar-refractivity contribution in [2.75, 3.05) is 18.4 Å².